The van der Waals surface area contributed by atoms with Gasteiger partial charge in [-0.3, -0.25) is 19.2 Å². The Labute approximate surface area is 131 Å². The molecule has 0 aliphatic carbocycles. The van der Waals surface area contributed by atoms with Crippen LogP contribution >= 0.6 is 0 Å². The fourth-order valence-electron chi connectivity index (χ4n) is 1.55. The number of ether oxygens (including phenoxy) is 5. The van der Waals surface area contributed by atoms with Gasteiger partial charge in [0.05, 0.1) is 7.11 Å². The van der Waals surface area contributed by atoms with E-state index in [2.05, 4.69) is 14.2 Å². The predicted molar refractivity (Wildman–Crippen MR) is 70.7 cm³/mol. The van der Waals surface area contributed by atoms with Gasteiger partial charge >= 0.3 is 23.9 Å². The number of hydrogen-bond acceptors (Lipinski definition) is 10. The van der Waals surface area contributed by atoms with Gasteiger partial charge in [-0.05, 0) is 0 Å². The number of hydrogen-bond donors (Lipinski definition) is 0. The Hall–Kier alpha value is -2.65. The normalized spacial score (nSPS) is 13.7. The zero-order valence-electron chi connectivity index (χ0n) is 13.1. The van der Waals surface area contributed by atoms with E-state index in [0.717, 1.165) is 27.9 Å². The van der Waals surface area contributed by atoms with Crippen LogP contribution in [0, 0.1) is 0 Å². The Morgan fingerprint density at radius 3 is 1.91 bits per heavy atom. The Bertz CT molecular complexity index is 458. The number of esters is 4. The average Bonchev–Trinajstić information content (AvgIpc) is 2.45. The van der Waals surface area contributed by atoms with Crippen molar-refractivity contribution in [2.45, 2.75) is 39.1 Å². The van der Waals surface area contributed by atoms with E-state index in [0.29, 0.717) is 0 Å². The van der Waals surface area contributed by atoms with Crippen LogP contribution in [0.4, 0.5) is 0 Å². The van der Waals surface area contributed by atoms with Crippen molar-refractivity contribution in [1.29, 1.82) is 0 Å². The van der Waals surface area contributed by atoms with Gasteiger partial charge in [-0.1, -0.05) is 0 Å². The second kappa shape index (κ2) is 10.1. The van der Waals surface area contributed by atoms with Crippen LogP contribution in [-0.2, 0) is 47.7 Å². The summed E-state index contributed by atoms with van der Waals surface area (Å²) in [6, 6.07) is 0. The molecule has 23 heavy (non-hydrogen) atoms. The maximum atomic E-state index is 11.8. The molecule has 0 aliphatic rings. The minimum Gasteiger partial charge on any atom is -0.466 e. The van der Waals surface area contributed by atoms with E-state index >= 15 is 0 Å². The van der Waals surface area contributed by atoms with E-state index in [1.54, 1.807) is 0 Å². The minimum atomic E-state index is -1.71. The zero-order valence-corrected chi connectivity index (χ0v) is 13.1. The third-order valence-electron chi connectivity index (χ3n) is 2.37. The van der Waals surface area contributed by atoms with Crippen molar-refractivity contribution in [2.75, 3.05) is 13.7 Å². The van der Waals surface area contributed by atoms with Crippen molar-refractivity contribution in [1.82, 2.24) is 0 Å². The van der Waals surface area contributed by atoms with Crippen molar-refractivity contribution < 1.29 is 47.7 Å². The Morgan fingerprint density at radius 2 is 1.52 bits per heavy atom. The van der Waals surface area contributed by atoms with E-state index in [-0.39, 0.29) is 6.47 Å². The standard InChI is InChI=1S/C13H18O10/c1-7(15)20-5-10(21-6-14)11(22-8(2)16)12(13(18)19-4)23-9(3)17/h6,10-12H,5H2,1-4H3/t10-,11-,12+/m1/s1. The first-order valence-corrected chi connectivity index (χ1v) is 6.37. The molecule has 0 fully saturated rings. The molecule has 3 atom stereocenters. The van der Waals surface area contributed by atoms with Gasteiger partial charge in [0.2, 0.25) is 6.10 Å². The smallest absolute Gasteiger partial charge is 0.351 e. The van der Waals surface area contributed by atoms with E-state index in [1.165, 1.54) is 0 Å². The molecule has 0 heterocycles. The topological polar surface area (TPSA) is 132 Å². The number of rotatable bonds is 9. The highest BCUT2D eigenvalue weighted by Crippen LogP contribution is 2.15. The van der Waals surface area contributed by atoms with Gasteiger partial charge in [0, 0.05) is 20.8 Å². The second-order valence-electron chi connectivity index (χ2n) is 4.20. The lowest BCUT2D eigenvalue weighted by molar-refractivity contribution is -0.194. The molecular formula is C13H18O10. The Balaban J connectivity index is 5.54. The van der Waals surface area contributed by atoms with Crippen LogP contribution in [0.15, 0.2) is 0 Å². The predicted octanol–water partition coefficient (Wildman–Crippen LogP) is -0.872. The summed E-state index contributed by atoms with van der Waals surface area (Å²) >= 11 is 0. The molecule has 10 heteroatoms. The van der Waals surface area contributed by atoms with Crippen molar-refractivity contribution >= 4 is 30.3 Å². The van der Waals surface area contributed by atoms with Crippen LogP contribution in [0.3, 0.4) is 0 Å². The monoisotopic (exact) mass is 334 g/mol. The molecule has 0 saturated heterocycles. The molecule has 10 nitrogen and oxygen atoms in total. The third kappa shape index (κ3) is 7.79. The van der Waals surface area contributed by atoms with Gasteiger partial charge in [0.1, 0.15) is 6.61 Å². The molecule has 0 aliphatic heterocycles. The lowest BCUT2D eigenvalue weighted by Gasteiger charge is -2.29. The first-order chi connectivity index (χ1) is 10.7. The maximum Gasteiger partial charge on any atom is 0.351 e. The molecule has 0 aromatic rings. The highest BCUT2D eigenvalue weighted by Gasteiger charge is 2.42. The van der Waals surface area contributed by atoms with Gasteiger partial charge in [-0.2, -0.15) is 0 Å². The van der Waals surface area contributed by atoms with Crippen molar-refractivity contribution in [3.05, 3.63) is 0 Å². The summed E-state index contributed by atoms with van der Waals surface area (Å²) in [5.74, 6) is -3.46. The third-order valence-corrected chi connectivity index (χ3v) is 2.37. The molecule has 0 rings (SSSR count). The summed E-state index contributed by atoms with van der Waals surface area (Å²) in [5.41, 5.74) is 0. The number of methoxy groups -OCH3 is 1. The highest BCUT2D eigenvalue weighted by molar-refractivity contribution is 5.80. The lowest BCUT2D eigenvalue weighted by atomic mass is 10.1. The van der Waals surface area contributed by atoms with Crippen LogP contribution in [-0.4, -0.2) is 62.4 Å². The van der Waals surface area contributed by atoms with Crippen LogP contribution < -0.4 is 0 Å². The van der Waals surface area contributed by atoms with Crippen LogP contribution in [0.25, 0.3) is 0 Å². The average molecular weight is 334 g/mol. The van der Waals surface area contributed by atoms with E-state index in [4.69, 9.17) is 9.47 Å². The summed E-state index contributed by atoms with van der Waals surface area (Å²) in [6.45, 7) is 2.62. The SMILES string of the molecule is COC(=O)[C@@H](OC(C)=O)[C@H](OC(C)=O)[C@@H](COC(C)=O)OC=O. The molecule has 130 valence electrons. The Morgan fingerprint density at radius 1 is 0.957 bits per heavy atom. The molecule has 0 amide bonds. The summed E-state index contributed by atoms with van der Waals surface area (Å²) in [6.07, 6.45) is -4.65. The largest absolute Gasteiger partial charge is 0.466 e. The number of carbonyl (C=O) groups is 5. The van der Waals surface area contributed by atoms with Gasteiger partial charge in [-0.25, -0.2) is 4.79 Å². The molecule has 0 saturated carbocycles. The highest BCUT2D eigenvalue weighted by atomic mass is 16.6. The van der Waals surface area contributed by atoms with E-state index in [1.807, 2.05) is 0 Å². The number of carbonyl (C=O) groups excluding carboxylic acids is 5. The van der Waals surface area contributed by atoms with Crippen LogP contribution in [0.1, 0.15) is 20.8 Å². The molecule has 0 spiro atoms. The molecule has 0 aromatic heterocycles. The molecule has 0 N–H and O–H groups in total. The lowest BCUT2D eigenvalue weighted by Crippen LogP contribution is -2.50. The van der Waals surface area contributed by atoms with Crippen molar-refractivity contribution in [3.8, 4) is 0 Å². The second-order valence-corrected chi connectivity index (χ2v) is 4.20. The first-order valence-electron chi connectivity index (χ1n) is 6.37. The van der Waals surface area contributed by atoms with Gasteiger partial charge in [0.25, 0.3) is 6.47 Å². The Kier molecular flexibility index (Phi) is 8.97. The van der Waals surface area contributed by atoms with E-state index in [9.17, 15) is 24.0 Å². The zero-order chi connectivity index (χ0) is 18.0. The van der Waals surface area contributed by atoms with E-state index < -0.39 is 48.8 Å². The molecule has 0 unspecified atom stereocenters. The molecule has 0 aromatic carbocycles. The summed E-state index contributed by atoms with van der Waals surface area (Å²) in [7, 11) is 1.02. The maximum absolute atomic E-state index is 11.8. The van der Waals surface area contributed by atoms with Gasteiger partial charge < -0.3 is 23.7 Å². The molecule has 0 radical (unpaired) electrons. The summed E-state index contributed by atoms with van der Waals surface area (Å²) in [5, 5.41) is 0. The van der Waals surface area contributed by atoms with Gasteiger partial charge in [-0.15, -0.1) is 0 Å². The van der Waals surface area contributed by atoms with Gasteiger partial charge in [0.15, 0.2) is 12.2 Å². The summed E-state index contributed by atoms with van der Waals surface area (Å²) in [4.78, 5) is 55.6. The summed E-state index contributed by atoms with van der Waals surface area (Å²) < 4.78 is 23.5. The quantitative estimate of drug-likeness (QED) is 0.298. The first kappa shape index (κ1) is 20.3. The van der Waals surface area contributed by atoms with Crippen LogP contribution in [0.2, 0.25) is 0 Å². The molecule has 0 bridgehead atoms. The fourth-order valence-corrected chi connectivity index (χ4v) is 1.55. The fraction of sp³-hybridized carbons (Fsp3) is 0.615. The van der Waals surface area contributed by atoms with Crippen molar-refractivity contribution in [2.24, 2.45) is 0 Å². The molecular weight excluding hydrogens is 316 g/mol. The minimum absolute atomic E-state index is 0.00671. The van der Waals surface area contributed by atoms with Crippen LogP contribution in [0.5, 0.6) is 0 Å². The van der Waals surface area contributed by atoms with Crippen molar-refractivity contribution in [3.63, 3.8) is 0 Å².